The molecule has 0 saturated heterocycles. The molecular formula is C11H13ClN2O. The number of rotatable bonds is 0. The quantitative estimate of drug-likeness (QED) is 0.734. The number of hydrogen-bond acceptors (Lipinski definition) is 2. The summed E-state index contributed by atoms with van der Waals surface area (Å²) >= 11 is 5.97. The molecule has 1 heterocycles. The van der Waals surface area contributed by atoms with Crippen molar-refractivity contribution >= 4 is 28.9 Å². The van der Waals surface area contributed by atoms with Crippen LogP contribution in [0.25, 0.3) is 0 Å². The Morgan fingerprint density at radius 3 is 2.80 bits per heavy atom. The van der Waals surface area contributed by atoms with Gasteiger partial charge in [-0.2, -0.15) is 0 Å². The van der Waals surface area contributed by atoms with Gasteiger partial charge in [-0.3, -0.25) is 4.79 Å². The number of aryl methyl sites for hydroxylation is 1. The Morgan fingerprint density at radius 1 is 1.47 bits per heavy atom. The summed E-state index contributed by atoms with van der Waals surface area (Å²) in [6, 6.07) is 3.52. The van der Waals surface area contributed by atoms with Crippen molar-refractivity contribution in [3.8, 4) is 0 Å². The second-order valence-corrected chi connectivity index (χ2v) is 4.32. The first kappa shape index (κ1) is 10.3. The van der Waals surface area contributed by atoms with Crippen LogP contribution in [0, 0.1) is 6.92 Å². The van der Waals surface area contributed by atoms with Gasteiger partial charge in [-0.15, -0.1) is 0 Å². The molecule has 1 atom stereocenters. The van der Waals surface area contributed by atoms with Crippen LogP contribution in [-0.4, -0.2) is 19.0 Å². The summed E-state index contributed by atoms with van der Waals surface area (Å²) in [5.41, 5.74) is 2.90. The third kappa shape index (κ3) is 1.57. The molecule has 1 aliphatic rings. The topological polar surface area (TPSA) is 32.3 Å². The third-order valence-electron chi connectivity index (χ3n) is 2.70. The standard InChI is InChI=1S/C11H13ClN2O/c1-6-4-8(12)5-9-10(6)13-7(2)11(15)14(9)3/h4-5,7,13H,1-3H3. The Bertz CT molecular complexity index is 431. The van der Waals surface area contributed by atoms with Gasteiger partial charge >= 0.3 is 0 Å². The fraction of sp³-hybridized carbons (Fsp3) is 0.364. The molecule has 2 rings (SSSR count). The fourth-order valence-electron chi connectivity index (χ4n) is 1.87. The van der Waals surface area contributed by atoms with E-state index in [-0.39, 0.29) is 11.9 Å². The Balaban J connectivity index is 2.60. The molecular weight excluding hydrogens is 212 g/mol. The van der Waals surface area contributed by atoms with Crippen molar-refractivity contribution in [3.05, 3.63) is 22.7 Å². The van der Waals surface area contributed by atoms with Gasteiger partial charge in [0.05, 0.1) is 11.4 Å². The lowest BCUT2D eigenvalue weighted by Gasteiger charge is -2.32. The van der Waals surface area contributed by atoms with Gasteiger partial charge in [-0.25, -0.2) is 0 Å². The van der Waals surface area contributed by atoms with Gasteiger partial charge in [0.1, 0.15) is 6.04 Å². The normalized spacial score (nSPS) is 19.9. The summed E-state index contributed by atoms with van der Waals surface area (Å²) in [6.07, 6.45) is 0. The highest BCUT2D eigenvalue weighted by Gasteiger charge is 2.27. The van der Waals surface area contributed by atoms with E-state index in [1.165, 1.54) is 0 Å². The number of carbonyl (C=O) groups excluding carboxylic acids is 1. The van der Waals surface area contributed by atoms with E-state index >= 15 is 0 Å². The number of benzene rings is 1. The summed E-state index contributed by atoms with van der Waals surface area (Å²) in [5.74, 6) is 0.0594. The van der Waals surface area contributed by atoms with Crippen LogP contribution in [0.15, 0.2) is 12.1 Å². The Kier molecular flexibility index (Phi) is 2.35. The monoisotopic (exact) mass is 224 g/mol. The van der Waals surface area contributed by atoms with E-state index in [9.17, 15) is 4.79 Å². The SMILES string of the molecule is Cc1cc(Cl)cc2c1NC(C)C(=O)N2C. The number of hydrogen-bond donors (Lipinski definition) is 1. The predicted octanol–water partition coefficient (Wildman–Crippen LogP) is 2.43. The highest BCUT2D eigenvalue weighted by atomic mass is 35.5. The lowest BCUT2D eigenvalue weighted by atomic mass is 10.1. The van der Waals surface area contributed by atoms with E-state index in [0.29, 0.717) is 5.02 Å². The Morgan fingerprint density at radius 2 is 2.13 bits per heavy atom. The minimum absolute atomic E-state index is 0.0594. The summed E-state index contributed by atoms with van der Waals surface area (Å²) in [4.78, 5) is 13.4. The molecule has 1 aromatic carbocycles. The van der Waals surface area contributed by atoms with E-state index in [4.69, 9.17) is 11.6 Å². The molecule has 1 N–H and O–H groups in total. The van der Waals surface area contributed by atoms with E-state index in [1.807, 2.05) is 19.9 Å². The lowest BCUT2D eigenvalue weighted by Crippen LogP contribution is -2.43. The molecule has 1 aliphatic heterocycles. The number of nitrogens with one attached hydrogen (secondary N) is 1. The van der Waals surface area contributed by atoms with Gasteiger partial charge < -0.3 is 10.2 Å². The molecule has 0 bridgehead atoms. The number of halogens is 1. The first-order chi connectivity index (χ1) is 7.00. The molecule has 1 unspecified atom stereocenters. The fourth-order valence-corrected chi connectivity index (χ4v) is 2.13. The molecule has 80 valence electrons. The molecule has 3 nitrogen and oxygen atoms in total. The van der Waals surface area contributed by atoms with E-state index in [2.05, 4.69) is 5.32 Å². The molecule has 0 aromatic heterocycles. The molecule has 1 aromatic rings. The molecule has 0 radical (unpaired) electrons. The number of anilines is 2. The zero-order valence-electron chi connectivity index (χ0n) is 8.97. The van der Waals surface area contributed by atoms with Gasteiger partial charge in [-0.05, 0) is 31.5 Å². The number of amides is 1. The molecule has 4 heteroatoms. The van der Waals surface area contributed by atoms with E-state index < -0.39 is 0 Å². The Labute approximate surface area is 94.0 Å². The molecule has 0 aliphatic carbocycles. The zero-order chi connectivity index (χ0) is 11.2. The van der Waals surface area contributed by atoms with Crippen LogP contribution in [0.4, 0.5) is 11.4 Å². The van der Waals surface area contributed by atoms with Crippen molar-refractivity contribution in [2.45, 2.75) is 19.9 Å². The Hall–Kier alpha value is -1.22. The van der Waals surface area contributed by atoms with Gasteiger partial charge in [0.2, 0.25) is 5.91 Å². The van der Waals surface area contributed by atoms with E-state index in [1.54, 1.807) is 18.0 Å². The minimum atomic E-state index is -0.178. The van der Waals surface area contributed by atoms with Gasteiger partial charge in [0.15, 0.2) is 0 Å². The van der Waals surface area contributed by atoms with Crippen molar-refractivity contribution < 1.29 is 4.79 Å². The number of carbonyl (C=O) groups is 1. The van der Waals surface area contributed by atoms with Crippen LogP contribution in [0.2, 0.25) is 5.02 Å². The van der Waals surface area contributed by atoms with Crippen molar-refractivity contribution in [1.29, 1.82) is 0 Å². The molecule has 0 spiro atoms. The zero-order valence-corrected chi connectivity index (χ0v) is 9.72. The number of likely N-dealkylation sites (N-methyl/N-ethyl adjacent to an activating group) is 1. The number of fused-ring (bicyclic) bond motifs is 1. The maximum Gasteiger partial charge on any atom is 0.248 e. The van der Waals surface area contributed by atoms with Crippen LogP contribution < -0.4 is 10.2 Å². The van der Waals surface area contributed by atoms with Crippen molar-refractivity contribution in [3.63, 3.8) is 0 Å². The number of nitrogens with zero attached hydrogens (tertiary/aromatic N) is 1. The predicted molar refractivity (Wildman–Crippen MR) is 62.7 cm³/mol. The van der Waals surface area contributed by atoms with E-state index in [0.717, 1.165) is 16.9 Å². The molecule has 15 heavy (non-hydrogen) atoms. The van der Waals surface area contributed by atoms with Crippen molar-refractivity contribution in [2.24, 2.45) is 0 Å². The largest absolute Gasteiger partial charge is 0.372 e. The molecule has 0 fully saturated rings. The van der Waals surface area contributed by atoms with Crippen LogP contribution in [-0.2, 0) is 4.79 Å². The lowest BCUT2D eigenvalue weighted by molar-refractivity contribution is -0.118. The third-order valence-corrected chi connectivity index (χ3v) is 2.92. The van der Waals surface area contributed by atoms with Crippen LogP contribution >= 0.6 is 11.6 Å². The van der Waals surface area contributed by atoms with Gasteiger partial charge in [0, 0.05) is 12.1 Å². The first-order valence-electron chi connectivity index (χ1n) is 4.85. The van der Waals surface area contributed by atoms with Gasteiger partial charge in [0.25, 0.3) is 0 Å². The summed E-state index contributed by atoms with van der Waals surface area (Å²) in [6.45, 7) is 3.84. The first-order valence-corrected chi connectivity index (χ1v) is 5.22. The highest BCUT2D eigenvalue weighted by molar-refractivity contribution is 6.31. The summed E-state index contributed by atoms with van der Waals surface area (Å²) < 4.78 is 0. The maximum absolute atomic E-state index is 11.7. The molecule has 0 saturated carbocycles. The van der Waals surface area contributed by atoms with Crippen molar-refractivity contribution in [2.75, 3.05) is 17.3 Å². The van der Waals surface area contributed by atoms with Gasteiger partial charge in [-0.1, -0.05) is 11.6 Å². The minimum Gasteiger partial charge on any atom is -0.372 e. The summed E-state index contributed by atoms with van der Waals surface area (Å²) in [5, 5.41) is 3.84. The average molecular weight is 225 g/mol. The van der Waals surface area contributed by atoms with Crippen LogP contribution in [0.5, 0.6) is 0 Å². The highest BCUT2D eigenvalue weighted by Crippen LogP contribution is 2.35. The average Bonchev–Trinajstić information content (AvgIpc) is 2.17. The molecule has 1 amide bonds. The summed E-state index contributed by atoms with van der Waals surface area (Å²) in [7, 11) is 1.77. The second-order valence-electron chi connectivity index (χ2n) is 3.88. The maximum atomic E-state index is 11.7. The smallest absolute Gasteiger partial charge is 0.248 e. The van der Waals surface area contributed by atoms with Crippen LogP contribution in [0.1, 0.15) is 12.5 Å². The second kappa shape index (κ2) is 3.42. The van der Waals surface area contributed by atoms with Crippen molar-refractivity contribution in [1.82, 2.24) is 0 Å². The van der Waals surface area contributed by atoms with Crippen LogP contribution in [0.3, 0.4) is 0 Å².